The van der Waals surface area contributed by atoms with Gasteiger partial charge in [0.15, 0.2) is 5.52 Å². The average molecular weight is 213 g/mol. The van der Waals surface area contributed by atoms with Crippen molar-refractivity contribution in [3.63, 3.8) is 0 Å². The lowest BCUT2D eigenvalue weighted by Crippen LogP contribution is -2.08. The van der Waals surface area contributed by atoms with Crippen molar-refractivity contribution in [2.75, 3.05) is 0 Å². The molecule has 0 aliphatic carbocycles. The van der Waals surface area contributed by atoms with Crippen molar-refractivity contribution < 1.29 is 4.52 Å². The number of hydrogen-bond acceptors (Lipinski definition) is 4. The number of rotatable bonds is 1. The van der Waals surface area contributed by atoms with Gasteiger partial charge < -0.3 is 4.52 Å². The van der Waals surface area contributed by atoms with Gasteiger partial charge in [-0.25, -0.2) is 5.10 Å². The molecule has 0 saturated heterocycles. The van der Waals surface area contributed by atoms with Crippen LogP contribution in [0.4, 0.5) is 0 Å². The van der Waals surface area contributed by atoms with Gasteiger partial charge in [0.2, 0.25) is 0 Å². The Hall–Kier alpha value is -2.43. The monoisotopic (exact) mass is 213 g/mol. The van der Waals surface area contributed by atoms with Crippen LogP contribution in [0.25, 0.3) is 22.2 Å². The Morgan fingerprint density at radius 2 is 2.00 bits per heavy atom. The van der Waals surface area contributed by atoms with E-state index in [1.807, 2.05) is 30.3 Å². The van der Waals surface area contributed by atoms with Gasteiger partial charge in [-0.3, -0.25) is 4.79 Å². The normalized spacial score (nSPS) is 10.8. The second kappa shape index (κ2) is 3.30. The Labute approximate surface area is 89.7 Å². The zero-order valence-electron chi connectivity index (χ0n) is 8.18. The maximum Gasteiger partial charge on any atom is 0.294 e. The van der Waals surface area contributed by atoms with Gasteiger partial charge in [-0.05, 0) is 0 Å². The van der Waals surface area contributed by atoms with E-state index < -0.39 is 0 Å². The van der Waals surface area contributed by atoms with Crippen LogP contribution in [0, 0.1) is 0 Å². The summed E-state index contributed by atoms with van der Waals surface area (Å²) in [6.45, 7) is 0. The number of hydrogen-bond donors (Lipinski definition) is 1. The van der Waals surface area contributed by atoms with Crippen LogP contribution in [-0.2, 0) is 0 Å². The SMILES string of the molecule is O=c1[nH]nc(-c2ccccc2)c2conc12. The Bertz CT molecular complexity index is 685. The van der Waals surface area contributed by atoms with Crippen LogP contribution in [-0.4, -0.2) is 15.4 Å². The molecule has 0 aliphatic rings. The molecule has 0 fully saturated rings. The third kappa shape index (κ3) is 1.22. The second-order valence-electron chi connectivity index (χ2n) is 3.34. The molecule has 2 heterocycles. The van der Waals surface area contributed by atoms with Gasteiger partial charge in [0.25, 0.3) is 5.56 Å². The predicted octanol–water partition coefficient (Wildman–Crippen LogP) is 1.58. The van der Waals surface area contributed by atoms with Crippen molar-refractivity contribution in [2.45, 2.75) is 0 Å². The van der Waals surface area contributed by atoms with Gasteiger partial charge in [0.1, 0.15) is 12.0 Å². The summed E-state index contributed by atoms with van der Waals surface area (Å²) >= 11 is 0. The number of nitrogens with one attached hydrogen (secondary N) is 1. The number of nitrogens with zero attached hydrogens (tertiary/aromatic N) is 2. The minimum absolute atomic E-state index is 0.272. The fourth-order valence-electron chi connectivity index (χ4n) is 1.60. The average Bonchev–Trinajstić information content (AvgIpc) is 2.81. The van der Waals surface area contributed by atoms with E-state index in [1.54, 1.807) is 0 Å². The topological polar surface area (TPSA) is 71.8 Å². The summed E-state index contributed by atoms with van der Waals surface area (Å²) in [7, 11) is 0. The highest BCUT2D eigenvalue weighted by molar-refractivity contribution is 5.90. The number of H-pyrrole nitrogens is 1. The highest BCUT2D eigenvalue weighted by Gasteiger charge is 2.11. The van der Waals surface area contributed by atoms with Crippen LogP contribution < -0.4 is 5.56 Å². The van der Waals surface area contributed by atoms with Crippen molar-refractivity contribution in [2.24, 2.45) is 0 Å². The maximum atomic E-state index is 11.4. The van der Waals surface area contributed by atoms with Crippen LogP contribution in [0.3, 0.4) is 0 Å². The smallest absolute Gasteiger partial charge is 0.294 e. The number of aromatic nitrogens is 3. The Kier molecular flexibility index (Phi) is 1.83. The summed E-state index contributed by atoms with van der Waals surface area (Å²) < 4.78 is 4.80. The first-order chi connectivity index (χ1) is 7.86. The van der Waals surface area contributed by atoms with Gasteiger partial charge >= 0.3 is 0 Å². The van der Waals surface area contributed by atoms with Gasteiger partial charge in [0.05, 0.1) is 5.39 Å². The molecule has 5 nitrogen and oxygen atoms in total. The molecule has 78 valence electrons. The third-order valence-electron chi connectivity index (χ3n) is 2.36. The van der Waals surface area contributed by atoms with Crippen LogP contribution in [0.1, 0.15) is 0 Å². The van der Waals surface area contributed by atoms with E-state index in [4.69, 9.17) is 4.52 Å². The number of aromatic amines is 1. The first-order valence-electron chi connectivity index (χ1n) is 4.74. The molecule has 16 heavy (non-hydrogen) atoms. The highest BCUT2D eigenvalue weighted by atomic mass is 16.5. The number of benzene rings is 1. The van der Waals surface area contributed by atoms with Crippen molar-refractivity contribution in [1.82, 2.24) is 15.4 Å². The van der Waals surface area contributed by atoms with Gasteiger partial charge in [-0.15, -0.1) is 0 Å². The van der Waals surface area contributed by atoms with Gasteiger partial charge in [-0.1, -0.05) is 35.5 Å². The van der Waals surface area contributed by atoms with E-state index in [0.717, 1.165) is 5.56 Å². The van der Waals surface area contributed by atoms with Crippen molar-refractivity contribution in [1.29, 1.82) is 0 Å². The Morgan fingerprint density at radius 1 is 1.19 bits per heavy atom. The first-order valence-corrected chi connectivity index (χ1v) is 4.74. The van der Waals surface area contributed by atoms with Gasteiger partial charge in [0, 0.05) is 5.56 Å². The van der Waals surface area contributed by atoms with E-state index in [1.165, 1.54) is 6.26 Å². The predicted molar refractivity (Wildman–Crippen MR) is 57.9 cm³/mol. The molecular weight excluding hydrogens is 206 g/mol. The molecule has 0 atom stereocenters. The van der Waals surface area contributed by atoms with Crippen molar-refractivity contribution in [3.8, 4) is 11.3 Å². The summed E-state index contributed by atoms with van der Waals surface area (Å²) in [4.78, 5) is 11.4. The van der Waals surface area contributed by atoms with Crippen molar-refractivity contribution in [3.05, 3.63) is 46.9 Å². The van der Waals surface area contributed by atoms with Crippen molar-refractivity contribution >= 4 is 10.9 Å². The second-order valence-corrected chi connectivity index (χ2v) is 3.34. The summed E-state index contributed by atoms with van der Waals surface area (Å²) in [6.07, 6.45) is 1.43. The molecule has 0 bridgehead atoms. The van der Waals surface area contributed by atoms with Crippen LogP contribution >= 0.6 is 0 Å². The summed E-state index contributed by atoms with van der Waals surface area (Å²) in [5.41, 5.74) is 1.50. The third-order valence-corrected chi connectivity index (χ3v) is 2.36. The summed E-state index contributed by atoms with van der Waals surface area (Å²) in [5, 5.41) is 10.7. The molecule has 0 unspecified atom stereocenters. The van der Waals surface area contributed by atoms with Crippen LogP contribution in [0.5, 0.6) is 0 Å². The molecule has 0 spiro atoms. The Morgan fingerprint density at radius 3 is 2.81 bits per heavy atom. The van der Waals surface area contributed by atoms with Gasteiger partial charge in [-0.2, -0.15) is 5.10 Å². The molecule has 0 radical (unpaired) electrons. The standard InChI is InChI=1S/C11H7N3O2/c15-11-10-8(6-16-14-10)9(12-13-11)7-4-2-1-3-5-7/h1-6H,(H,13,15). The Balaban J connectivity index is 2.37. The molecule has 5 heteroatoms. The lowest BCUT2D eigenvalue weighted by molar-refractivity contribution is 0.428. The molecule has 0 amide bonds. The van der Waals surface area contributed by atoms with E-state index >= 15 is 0 Å². The summed E-state index contributed by atoms with van der Waals surface area (Å²) in [5.74, 6) is 0. The molecular formula is C11H7N3O2. The molecule has 1 aromatic carbocycles. The molecule has 3 rings (SSSR count). The maximum absolute atomic E-state index is 11.4. The highest BCUT2D eigenvalue weighted by Crippen LogP contribution is 2.22. The van der Waals surface area contributed by atoms with Crippen LogP contribution in [0.2, 0.25) is 0 Å². The molecule has 0 saturated carbocycles. The zero-order chi connectivity index (χ0) is 11.0. The quantitative estimate of drug-likeness (QED) is 0.666. The number of fused-ring (bicyclic) bond motifs is 1. The fraction of sp³-hybridized carbons (Fsp3) is 0. The zero-order valence-corrected chi connectivity index (χ0v) is 8.18. The van der Waals surface area contributed by atoms with E-state index in [0.29, 0.717) is 11.1 Å². The lowest BCUT2D eigenvalue weighted by Gasteiger charge is -1.99. The lowest BCUT2D eigenvalue weighted by atomic mass is 10.1. The molecule has 0 aliphatic heterocycles. The largest absolute Gasteiger partial charge is 0.363 e. The fourth-order valence-corrected chi connectivity index (χ4v) is 1.60. The molecule has 3 aromatic rings. The molecule has 2 aromatic heterocycles. The minimum Gasteiger partial charge on any atom is -0.363 e. The first kappa shape index (κ1) is 8.84. The summed E-state index contributed by atoms with van der Waals surface area (Å²) in [6, 6.07) is 9.54. The van der Waals surface area contributed by atoms with E-state index in [-0.39, 0.29) is 11.1 Å². The van der Waals surface area contributed by atoms with Crippen LogP contribution in [0.15, 0.2) is 45.9 Å². The van der Waals surface area contributed by atoms with E-state index in [2.05, 4.69) is 15.4 Å². The van der Waals surface area contributed by atoms with E-state index in [9.17, 15) is 4.79 Å². The minimum atomic E-state index is -0.344. The molecule has 1 N–H and O–H groups in total.